The molecule has 0 aliphatic carbocycles. The minimum Gasteiger partial charge on any atom is -0.490 e. The number of benzene rings is 1. The maximum absolute atomic E-state index is 12.1. The highest BCUT2D eigenvalue weighted by molar-refractivity contribution is 5.92. The second-order valence-electron chi connectivity index (χ2n) is 6.15. The van der Waals surface area contributed by atoms with Gasteiger partial charge in [-0.2, -0.15) is 0 Å². The van der Waals surface area contributed by atoms with Crippen molar-refractivity contribution < 1.29 is 9.53 Å². The number of anilines is 1. The van der Waals surface area contributed by atoms with E-state index >= 15 is 0 Å². The van der Waals surface area contributed by atoms with Crippen LogP contribution in [0.3, 0.4) is 0 Å². The van der Waals surface area contributed by atoms with E-state index in [4.69, 9.17) is 10.5 Å². The molecule has 0 aromatic heterocycles. The predicted molar refractivity (Wildman–Crippen MR) is 82.9 cm³/mol. The number of para-hydroxylation sites is 2. The molecule has 1 amide bonds. The molecule has 1 aromatic carbocycles. The zero-order valence-corrected chi connectivity index (χ0v) is 12.9. The van der Waals surface area contributed by atoms with Crippen LogP contribution < -0.4 is 15.8 Å². The molecule has 0 aliphatic rings. The van der Waals surface area contributed by atoms with E-state index in [1.54, 1.807) is 0 Å². The molecule has 20 heavy (non-hydrogen) atoms. The third-order valence-corrected chi connectivity index (χ3v) is 3.51. The Morgan fingerprint density at radius 2 is 2.00 bits per heavy atom. The van der Waals surface area contributed by atoms with Crippen LogP contribution in [0.1, 0.15) is 34.1 Å². The van der Waals surface area contributed by atoms with Crippen molar-refractivity contribution in [1.82, 2.24) is 0 Å². The number of carbonyl (C=O) groups is 1. The van der Waals surface area contributed by atoms with Gasteiger partial charge in [0.1, 0.15) is 12.4 Å². The summed E-state index contributed by atoms with van der Waals surface area (Å²) < 4.78 is 5.52. The lowest BCUT2D eigenvalue weighted by Gasteiger charge is -2.26. The number of nitrogens with two attached hydrogens (primary N) is 1. The van der Waals surface area contributed by atoms with Crippen molar-refractivity contribution in [3.05, 3.63) is 24.3 Å². The van der Waals surface area contributed by atoms with E-state index in [2.05, 4.69) is 33.0 Å². The van der Waals surface area contributed by atoms with Gasteiger partial charge in [-0.25, -0.2) is 0 Å². The Labute approximate surface area is 121 Å². The van der Waals surface area contributed by atoms with Crippen LogP contribution in [0.2, 0.25) is 0 Å². The topological polar surface area (TPSA) is 64.3 Å². The second-order valence-corrected chi connectivity index (χ2v) is 6.15. The van der Waals surface area contributed by atoms with Crippen molar-refractivity contribution in [2.24, 2.45) is 17.1 Å². The molecule has 0 saturated carbocycles. The third kappa shape index (κ3) is 5.21. The van der Waals surface area contributed by atoms with Crippen LogP contribution in [-0.2, 0) is 4.79 Å². The molecule has 1 aromatic rings. The number of amides is 1. The lowest BCUT2D eigenvalue weighted by Crippen LogP contribution is -2.24. The first-order chi connectivity index (χ1) is 9.34. The summed E-state index contributed by atoms with van der Waals surface area (Å²) in [4.78, 5) is 12.1. The highest BCUT2D eigenvalue weighted by atomic mass is 16.5. The van der Waals surface area contributed by atoms with E-state index in [9.17, 15) is 4.79 Å². The summed E-state index contributed by atoms with van der Waals surface area (Å²) >= 11 is 0. The van der Waals surface area contributed by atoms with E-state index in [1.807, 2.05) is 24.3 Å². The highest BCUT2D eigenvalue weighted by Crippen LogP contribution is 2.29. The SMILES string of the molecule is CC(CC(=O)Nc1ccccc1OCCN)C(C)(C)C. The van der Waals surface area contributed by atoms with Gasteiger partial charge in [-0.05, 0) is 23.5 Å². The second kappa shape index (κ2) is 7.29. The Bertz CT molecular complexity index is 438. The molecule has 3 N–H and O–H groups in total. The molecular weight excluding hydrogens is 252 g/mol. The first kappa shape index (κ1) is 16.5. The monoisotopic (exact) mass is 278 g/mol. The van der Waals surface area contributed by atoms with Gasteiger partial charge >= 0.3 is 0 Å². The van der Waals surface area contributed by atoms with Crippen LogP contribution in [0, 0.1) is 11.3 Å². The Morgan fingerprint density at radius 1 is 1.35 bits per heavy atom. The minimum atomic E-state index is 0.0104. The van der Waals surface area contributed by atoms with Crippen molar-refractivity contribution in [2.75, 3.05) is 18.5 Å². The van der Waals surface area contributed by atoms with Crippen LogP contribution in [0.5, 0.6) is 5.75 Å². The van der Waals surface area contributed by atoms with Gasteiger partial charge in [0.2, 0.25) is 5.91 Å². The van der Waals surface area contributed by atoms with E-state index in [0.717, 1.165) is 0 Å². The molecule has 0 saturated heterocycles. The van der Waals surface area contributed by atoms with Crippen LogP contribution in [0.25, 0.3) is 0 Å². The van der Waals surface area contributed by atoms with Gasteiger partial charge in [-0.1, -0.05) is 39.8 Å². The average molecular weight is 278 g/mol. The summed E-state index contributed by atoms with van der Waals surface area (Å²) in [5.74, 6) is 0.977. The number of hydrogen-bond donors (Lipinski definition) is 2. The van der Waals surface area contributed by atoms with Gasteiger partial charge in [0.25, 0.3) is 0 Å². The molecule has 0 radical (unpaired) electrons. The zero-order chi connectivity index (χ0) is 15.2. The fourth-order valence-corrected chi connectivity index (χ4v) is 1.65. The summed E-state index contributed by atoms with van der Waals surface area (Å²) in [5.41, 5.74) is 6.25. The summed E-state index contributed by atoms with van der Waals surface area (Å²) in [6.45, 7) is 9.40. The fraction of sp³-hybridized carbons (Fsp3) is 0.562. The van der Waals surface area contributed by atoms with Crippen molar-refractivity contribution in [1.29, 1.82) is 0 Å². The third-order valence-electron chi connectivity index (χ3n) is 3.51. The number of carbonyl (C=O) groups excluding carboxylic acids is 1. The first-order valence-electron chi connectivity index (χ1n) is 7.06. The lowest BCUT2D eigenvalue weighted by atomic mass is 9.80. The molecule has 0 spiro atoms. The van der Waals surface area contributed by atoms with Gasteiger partial charge in [0.15, 0.2) is 0 Å². The summed E-state index contributed by atoms with van der Waals surface area (Å²) in [5, 5.41) is 2.92. The number of ether oxygens (including phenoxy) is 1. The Morgan fingerprint density at radius 3 is 2.60 bits per heavy atom. The molecule has 1 atom stereocenters. The van der Waals surface area contributed by atoms with Crippen LogP contribution in [0.15, 0.2) is 24.3 Å². The van der Waals surface area contributed by atoms with Gasteiger partial charge in [-0.15, -0.1) is 0 Å². The number of hydrogen-bond acceptors (Lipinski definition) is 3. The summed E-state index contributed by atoms with van der Waals surface area (Å²) in [6.07, 6.45) is 0.495. The molecule has 4 heteroatoms. The molecule has 0 bridgehead atoms. The quantitative estimate of drug-likeness (QED) is 0.840. The molecule has 1 unspecified atom stereocenters. The Kier molecular flexibility index (Phi) is 6.02. The molecule has 0 aliphatic heterocycles. The van der Waals surface area contributed by atoms with Crippen molar-refractivity contribution in [3.8, 4) is 5.75 Å². The first-order valence-corrected chi connectivity index (χ1v) is 7.06. The maximum atomic E-state index is 12.1. The Balaban J connectivity index is 2.66. The van der Waals surface area contributed by atoms with E-state index in [-0.39, 0.29) is 11.3 Å². The molecule has 112 valence electrons. The van der Waals surface area contributed by atoms with Gasteiger partial charge < -0.3 is 15.8 Å². The number of rotatable bonds is 6. The molecule has 0 heterocycles. The van der Waals surface area contributed by atoms with Gasteiger partial charge in [0.05, 0.1) is 5.69 Å². The maximum Gasteiger partial charge on any atom is 0.224 e. The smallest absolute Gasteiger partial charge is 0.224 e. The van der Waals surface area contributed by atoms with Crippen molar-refractivity contribution >= 4 is 11.6 Å². The fourth-order valence-electron chi connectivity index (χ4n) is 1.65. The zero-order valence-electron chi connectivity index (χ0n) is 12.9. The lowest BCUT2D eigenvalue weighted by molar-refractivity contribution is -0.117. The van der Waals surface area contributed by atoms with E-state index in [0.29, 0.717) is 36.9 Å². The normalized spacial score (nSPS) is 12.8. The van der Waals surface area contributed by atoms with Crippen molar-refractivity contribution in [2.45, 2.75) is 34.1 Å². The van der Waals surface area contributed by atoms with Gasteiger partial charge in [-0.3, -0.25) is 4.79 Å². The molecule has 1 rings (SSSR count). The highest BCUT2D eigenvalue weighted by Gasteiger charge is 2.22. The molecular formula is C16H26N2O2. The minimum absolute atomic E-state index is 0.0104. The Hall–Kier alpha value is -1.55. The summed E-state index contributed by atoms with van der Waals surface area (Å²) in [6, 6.07) is 7.42. The van der Waals surface area contributed by atoms with E-state index in [1.165, 1.54) is 0 Å². The van der Waals surface area contributed by atoms with Crippen LogP contribution in [0.4, 0.5) is 5.69 Å². The van der Waals surface area contributed by atoms with Crippen LogP contribution >= 0.6 is 0 Å². The molecule has 0 fully saturated rings. The van der Waals surface area contributed by atoms with Crippen LogP contribution in [-0.4, -0.2) is 19.1 Å². The standard InChI is InChI=1S/C16H26N2O2/c1-12(16(2,3)4)11-15(19)18-13-7-5-6-8-14(13)20-10-9-17/h5-8,12H,9-11,17H2,1-4H3,(H,18,19). The molecule has 4 nitrogen and oxygen atoms in total. The summed E-state index contributed by atoms with van der Waals surface area (Å²) in [7, 11) is 0. The predicted octanol–water partition coefficient (Wildman–Crippen LogP) is 3.03. The largest absolute Gasteiger partial charge is 0.490 e. The van der Waals surface area contributed by atoms with Crippen molar-refractivity contribution in [3.63, 3.8) is 0 Å². The number of nitrogens with one attached hydrogen (secondary N) is 1. The average Bonchev–Trinajstić information content (AvgIpc) is 2.36. The van der Waals surface area contributed by atoms with E-state index < -0.39 is 0 Å². The van der Waals surface area contributed by atoms with Gasteiger partial charge in [0, 0.05) is 13.0 Å².